The molecule has 3 nitrogen and oxygen atoms in total. The first kappa shape index (κ1) is 13.5. The van der Waals surface area contributed by atoms with Crippen LogP contribution in [-0.4, -0.2) is 16.2 Å². The predicted octanol–water partition coefficient (Wildman–Crippen LogP) is 3.66. The highest BCUT2D eigenvalue weighted by molar-refractivity contribution is 7.14. The van der Waals surface area contributed by atoms with Crippen LogP contribution >= 0.6 is 22.9 Å². The number of hydrogen-bond donors (Lipinski definition) is 1. The van der Waals surface area contributed by atoms with Crippen LogP contribution < -0.4 is 5.32 Å². The zero-order chi connectivity index (χ0) is 13.1. The van der Waals surface area contributed by atoms with E-state index in [1.165, 1.54) is 0 Å². The van der Waals surface area contributed by atoms with Gasteiger partial charge in [-0.25, -0.2) is 0 Å². The monoisotopic (exact) mass is 281 g/mol. The van der Waals surface area contributed by atoms with Crippen molar-refractivity contribution in [2.75, 3.05) is 0 Å². The number of nitrogens with zero attached hydrogens (tertiary/aromatic N) is 2. The first-order chi connectivity index (χ1) is 8.56. The molecule has 0 unspecified atom stereocenters. The van der Waals surface area contributed by atoms with E-state index in [4.69, 9.17) is 11.6 Å². The van der Waals surface area contributed by atoms with E-state index < -0.39 is 0 Å². The zero-order valence-corrected chi connectivity index (χ0v) is 12.3. The minimum absolute atomic E-state index is 0.450. The van der Waals surface area contributed by atoms with E-state index in [1.54, 1.807) is 11.3 Å². The van der Waals surface area contributed by atoms with Crippen molar-refractivity contribution in [2.24, 2.45) is 0 Å². The van der Waals surface area contributed by atoms with Gasteiger partial charge >= 0.3 is 0 Å². The van der Waals surface area contributed by atoms with Crippen LogP contribution in [0.1, 0.15) is 24.4 Å². The standard InChI is InChI=1S/C13H16ClN3S/c1-8(2)15-7-12-16-17-13(18-12)10-5-4-9(3)11(14)6-10/h4-6,8,15H,7H2,1-3H3. The van der Waals surface area contributed by atoms with Crippen LogP contribution in [0.4, 0.5) is 0 Å². The lowest BCUT2D eigenvalue weighted by molar-refractivity contribution is 0.585. The number of aromatic nitrogens is 2. The van der Waals surface area contributed by atoms with Gasteiger partial charge in [0, 0.05) is 23.2 Å². The van der Waals surface area contributed by atoms with Crippen LogP contribution in [0.5, 0.6) is 0 Å². The number of nitrogens with one attached hydrogen (secondary N) is 1. The zero-order valence-electron chi connectivity index (χ0n) is 10.7. The molecule has 0 bridgehead atoms. The molecular formula is C13H16ClN3S. The van der Waals surface area contributed by atoms with Gasteiger partial charge in [0.05, 0.1) is 0 Å². The third-order valence-corrected chi connectivity index (χ3v) is 3.93. The third-order valence-electron chi connectivity index (χ3n) is 2.55. The molecule has 1 heterocycles. The van der Waals surface area contributed by atoms with Crippen LogP contribution in [-0.2, 0) is 6.54 Å². The van der Waals surface area contributed by atoms with E-state index in [0.717, 1.165) is 32.7 Å². The molecule has 0 spiro atoms. The van der Waals surface area contributed by atoms with Crippen molar-refractivity contribution in [3.05, 3.63) is 33.8 Å². The van der Waals surface area contributed by atoms with Crippen molar-refractivity contribution < 1.29 is 0 Å². The summed E-state index contributed by atoms with van der Waals surface area (Å²) in [6.07, 6.45) is 0. The van der Waals surface area contributed by atoms with Gasteiger partial charge in [-0.05, 0) is 18.6 Å². The Morgan fingerprint density at radius 2 is 2.11 bits per heavy atom. The number of aryl methyl sites for hydroxylation is 1. The highest BCUT2D eigenvalue weighted by Crippen LogP contribution is 2.27. The van der Waals surface area contributed by atoms with E-state index in [0.29, 0.717) is 6.04 Å². The molecule has 0 saturated heterocycles. The Kier molecular flexibility index (Phi) is 4.32. The first-order valence-corrected chi connectivity index (χ1v) is 7.08. The Labute approximate surface area is 116 Å². The highest BCUT2D eigenvalue weighted by atomic mass is 35.5. The minimum atomic E-state index is 0.450. The molecule has 2 rings (SSSR count). The quantitative estimate of drug-likeness (QED) is 0.929. The van der Waals surface area contributed by atoms with Gasteiger partial charge in [-0.15, -0.1) is 10.2 Å². The molecular weight excluding hydrogens is 266 g/mol. The van der Waals surface area contributed by atoms with Crippen LogP contribution in [0.15, 0.2) is 18.2 Å². The molecule has 2 aromatic rings. The lowest BCUT2D eigenvalue weighted by atomic mass is 10.2. The molecule has 1 N–H and O–H groups in total. The molecule has 0 aliphatic carbocycles. The molecule has 5 heteroatoms. The molecule has 0 saturated carbocycles. The molecule has 0 aliphatic heterocycles. The molecule has 0 atom stereocenters. The third kappa shape index (κ3) is 3.28. The van der Waals surface area contributed by atoms with Crippen LogP contribution in [0.2, 0.25) is 5.02 Å². The normalized spacial score (nSPS) is 11.2. The van der Waals surface area contributed by atoms with Crippen LogP contribution in [0.25, 0.3) is 10.6 Å². The van der Waals surface area contributed by atoms with E-state index in [1.807, 2.05) is 25.1 Å². The van der Waals surface area contributed by atoms with Crippen LogP contribution in [0.3, 0.4) is 0 Å². The summed E-state index contributed by atoms with van der Waals surface area (Å²) in [5.74, 6) is 0. The second-order valence-electron chi connectivity index (χ2n) is 4.50. The Balaban J connectivity index is 2.16. The van der Waals surface area contributed by atoms with E-state index >= 15 is 0 Å². The fourth-order valence-corrected chi connectivity index (χ4v) is 2.43. The van der Waals surface area contributed by atoms with Gasteiger partial charge in [0.2, 0.25) is 0 Å². The maximum atomic E-state index is 6.12. The molecule has 0 aliphatic rings. The van der Waals surface area contributed by atoms with Crippen molar-refractivity contribution >= 4 is 22.9 Å². The summed E-state index contributed by atoms with van der Waals surface area (Å²) in [6.45, 7) is 6.97. The van der Waals surface area contributed by atoms with Crippen LogP contribution in [0, 0.1) is 6.92 Å². The summed E-state index contributed by atoms with van der Waals surface area (Å²) < 4.78 is 0. The SMILES string of the molecule is Cc1ccc(-c2nnc(CNC(C)C)s2)cc1Cl. The summed E-state index contributed by atoms with van der Waals surface area (Å²) in [7, 11) is 0. The van der Waals surface area contributed by atoms with Crippen molar-refractivity contribution in [3.8, 4) is 10.6 Å². The summed E-state index contributed by atoms with van der Waals surface area (Å²) in [5, 5.41) is 14.4. The Morgan fingerprint density at radius 1 is 1.33 bits per heavy atom. The second kappa shape index (κ2) is 5.78. The summed E-state index contributed by atoms with van der Waals surface area (Å²) >= 11 is 7.72. The van der Waals surface area contributed by atoms with Gasteiger partial charge in [-0.1, -0.05) is 48.9 Å². The molecule has 0 amide bonds. The molecule has 0 radical (unpaired) electrons. The second-order valence-corrected chi connectivity index (χ2v) is 5.97. The van der Waals surface area contributed by atoms with Crippen molar-refractivity contribution in [3.63, 3.8) is 0 Å². The van der Waals surface area contributed by atoms with E-state index in [2.05, 4.69) is 29.4 Å². The van der Waals surface area contributed by atoms with Crippen molar-refractivity contribution in [1.29, 1.82) is 0 Å². The van der Waals surface area contributed by atoms with Gasteiger partial charge in [0.15, 0.2) is 0 Å². The lowest BCUT2D eigenvalue weighted by Crippen LogP contribution is -2.21. The average molecular weight is 282 g/mol. The fourth-order valence-electron chi connectivity index (χ4n) is 1.46. The largest absolute Gasteiger partial charge is 0.308 e. The first-order valence-electron chi connectivity index (χ1n) is 5.88. The molecule has 1 aromatic carbocycles. The maximum Gasteiger partial charge on any atom is 0.147 e. The Hall–Kier alpha value is -0.970. The topological polar surface area (TPSA) is 37.8 Å². The van der Waals surface area contributed by atoms with E-state index in [-0.39, 0.29) is 0 Å². The van der Waals surface area contributed by atoms with Gasteiger partial charge in [0.1, 0.15) is 10.0 Å². The molecule has 18 heavy (non-hydrogen) atoms. The van der Waals surface area contributed by atoms with Gasteiger partial charge in [0.25, 0.3) is 0 Å². The van der Waals surface area contributed by atoms with Crippen molar-refractivity contribution in [1.82, 2.24) is 15.5 Å². The summed E-state index contributed by atoms with van der Waals surface area (Å²) in [4.78, 5) is 0. The molecule has 0 fully saturated rings. The summed E-state index contributed by atoms with van der Waals surface area (Å²) in [6, 6.07) is 6.43. The number of halogens is 1. The van der Waals surface area contributed by atoms with Crippen molar-refractivity contribution in [2.45, 2.75) is 33.4 Å². The molecule has 96 valence electrons. The minimum Gasteiger partial charge on any atom is -0.308 e. The lowest BCUT2D eigenvalue weighted by Gasteiger charge is -2.03. The van der Waals surface area contributed by atoms with Gasteiger partial charge in [-0.2, -0.15) is 0 Å². The van der Waals surface area contributed by atoms with Gasteiger partial charge in [-0.3, -0.25) is 0 Å². The van der Waals surface area contributed by atoms with E-state index in [9.17, 15) is 0 Å². The predicted molar refractivity (Wildman–Crippen MR) is 77.1 cm³/mol. The summed E-state index contributed by atoms with van der Waals surface area (Å²) in [5.41, 5.74) is 2.10. The maximum absolute atomic E-state index is 6.12. The Morgan fingerprint density at radius 3 is 2.78 bits per heavy atom. The Bertz CT molecular complexity index is 537. The molecule has 1 aromatic heterocycles. The number of rotatable bonds is 4. The van der Waals surface area contributed by atoms with Gasteiger partial charge < -0.3 is 5.32 Å². The fraction of sp³-hybridized carbons (Fsp3) is 0.385. The highest BCUT2D eigenvalue weighted by Gasteiger charge is 2.08. The average Bonchev–Trinajstić information content (AvgIpc) is 2.79. The smallest absolute Gasteiger partial charge is 0.147 e. The number of hydrogen-bond acceptors (Lipinski definition) is 4. The number of benzene rings is 1.